The molecule has 4 rings (SSSR count). The highest BCUT2D eigenvalue weighted by Gasteiger charge is 2.31. The van der Waals surface area contributed by atoms with Crippen molar-refractivity contribution in [1.82, 2.24) is 19.9 Å². The van der Waals surface area contributed by atoms with Gasteiger partial charge >= 0.3 is 0 Å². The minimum absolute atomic E-state index is 0.0770. The molecule has 3 atom stereocenters. The van der Waals surface area contributed by atoms with Crippen molar-refractivity contribution in [1.29, 1.82) is 0 Å². The molecular weight excluding hydrogens is 344 g/mol. The average Bonchev–Trinajstić information content (AvgIpc) is 3.04. The molecule has 0 aliphatic heterocycles. The van der Waals surface area contributed by atoms with Crippen LogP contribution < -0.4 is 5.32 Å². The Balaban J connectivity index is 1.68. The number of pyridine rings is 1. The van der Waals surface area contributed by atoms with Crippen molar-refractivity contribution >= 4 is 16.9 Å². The summed E-state index contributed by atoms with van der Waals surface area (Å²) in [5, 5.41) is 23.2. The molecule has 1 aliphatic rings. The van der Waals surface area contributed by atoms with Crippen LogP contribution in [0.4, 0.5) is 14.6 Å². The molecule has 1 aliphatic carbocycles. The van der Waals surface area contributed by atoms with Crippen molar-refractivity contribution in [2.45, 2.75) is 37.5 Å². The summed E-state index contributed by atoms with van der Waals surface area (Å²) in [4.78, 5) is 15.0. The van der Waals surface area contributed by atoms with Crippen molar-refractivity contribution in [3.05, 3.63) is 36.3 Å². The molecule has 0 spiro atoms. The minimum atomic E-state index is -1.01. The van der Waals surface area contributed by atoms with Crippen molar-refractivity contribution in [2.75, 3.05) is 5.32 Å². The maximum Gasteiger partial charge on any atom is 0.183 e. The molecule has 3 heterocycles. The number of halogens is 2. The summed E-state index contributed by atoms with van der Waals surface area (Å²) in [5.74, 6) is -1.06. The molecule has 0 saturated heterocycles. The topological polar surface area (TPSA) is 107 Å². The van der Waals surface area contributed by atoms with E-state index in [-0.39, 0.29) is 11.6 Å². The van der Waals surface area contributed by atoms with Crippen LogP contribution in [0, 0.1) is 11.6 Å². The van der Waals surface area contributed by atoms with Gasteiger partial charge in [0.1, 0.15) is 11.5 Å². The van der Waals surface area contributed by atoms with Crippen LogP contribution in [0.25, 0.3) is 22.4 Å². The van der Waals surface area contributed by atoms with Crippen LogP contribution in [0.1, 0.15) is 19.3 Å². The number of nitrogens with one attached hydrogen (secondary N) is 2. The van der Waals surface area contributed by atoms with Crippen LogP contribution in [0.3, 0.4) is 0 Å². The number of H-pyrrole nitrogens is 1. The van der Waals surface area contributed by atoms with E-state index in [9.17, 15) is 19.0 Å². The second-order valence-corrected chi connectivity index (χ2v) is 6.38. The lowest BCUT2D eigenvalue weighted by molar-refractivity contribution is -0.0162. The first-order valence-electron chi connectivity index (χ1n) is 8.31. The largest absolute Gasteiger partial charge is 0.390 e. The molecule has 0 bridgehead atoms. The molecule has 1 fully saturated rings. The first kappa shape index (κ1) is 16.8. The minimum Gasteiger partial charge on any atom is -0.390 e. The third-order valence-corrected chi connectivity index (χ3v) is 4.63. The van der Waals surface area contributed by atoms with Gasteiger partial charge in [-0.3, -0.25) is 0 Å². The van der Waals surface area contributed by atoms with E-state index in [1.807, 2.05) is 0 Å². The molecule has 1 saturated carbocycles. The summed E-state index contributed by atoms with van der Waals surface area (Å²) in [7, 11) is 0. The van der Waals surface area contributed by atoms with Crippen LogP contribution in [0.15, 0.2) is 24.7 Å². The molecular formula is C17H17F2N5O2. The summed E-state index contributed by atoms with van der Waals surface area (Å²) in [6.07, 6.45) is 3.63. The van der Waals surface area contributed by atoms with Gasteiger partial charge in [0, 0.05) is 17.1 Å². The smallest absolute Gasteiger partial charge is 0.183 e. The predicted octanol–water partition coefficient (Wildman–Crippen LogP) is 1.98. The molecule has 26 heavy (non-hydrogen) atoms. The number of aromatic nitrogens is 4. The third kappa shape index (κ3) is 2.99. The molecule has 0 unspecified atom stereocenters. The molecule has 7 nitrogen and oxygen atoms in total. The van der Waals surface area contributed by atoms with Crippen LogP contribution in [0.2, 0.25) is 0 Å². The van der Waals surface area contributed by atoms with Gasteiger partial charge in [0.05, 0.1) is 30.6 Å². The number of fused-ring (bicyclic) bond motifs is 1. The molecule has 4 N–H and O–H groups in total. The number of aliphatic hydroxyl groups is 2. The first-order chi connectivity index (χ1) is 12.5. The van der Waals surface area contributed by atoms with Gasteiger partial charge in [-0.2, -0.15) is 0 Å². The summed E-state index contributed by atoms with van der Waals surface area (Å²) < 4.78 is 27.7. The maximum absolute atomic E-state index is 14.2. The highest BCUT2D eigenvalue weighted by molar-refractivity contribution is 5.91. The van der Waals surface area contributed by atoms with Gasteiger partial charge in [0.25, 0.3) is 0 Å². The van der Waals surface area contributed by atoms with Crippen LogP contribution in [-0.2, 0) is 0 Å². The second-order valence-electron chi connectivity index (χ2n) is 6.38. The summed E-state index contributed by atoms with van der Waals surface area (Å²) in [6, 6.07) is 0.785. The summed E-state index contributed by atoms with van der Waals surface area (Å²) in [5.41, 5.74) is 0.953. The Bertz CT molecular complexity index is 948. The van der Waals surface area contributed by atoms with E-state index >= 15 is 0 Å². The van der Waals surface area contributed by atoms with Crippen molar-refractivity contribution in [3.63, 3.8) is 0 Å². The molecule has 3 aromatic heterocycles. The number of aliphatic hydroxyl groups excluding tert-OH is 2. The molecule has 0 radical (unpaired) electrons. The first-order valence-corrected chi connectivity index (χ1v) is 8.31. The SMILES string of the molecule is O[C@H]1[C@H](O)CCC[C@@H]1Nc1nc(-c2c[nH]c3ncc(F)cc23)ncc1F. The Hall–Kier alpha value is -2.65. The Morgan fingerprint density at radius 3 is 2.85 bits per heavy atom. The summed E-state index contributed by atoms with van der Waals surface area (Å²) in [6.45, 7) is 0. The highest BCUT2D eigenvalue weighted by atomic mass is 19.1. The lowest BCUT2D eigenvalue weighted by Crippen LogP contribution is -2.45. The maximum atomic E-state index is 14.2. The number of aromatic amines is 1. The predicted molar refractivity (Wildman–Crippen MR) is 90.3 cm³/mol. The second kappa shape index (κ2) is 6.58. The van der Waals surface area contributed by atoms with Gasteiger partial charge < -0.3 is 20.5 Å². The van der Waals surface area contributed by atoms with E-state index in [1.54, 1.807) is 6.20 Å². The number of nitrogens with zero attached hydrogens (tertiary/aromatic N) is 3. The van der Waals surface area contributed by atoms with Crippen molar-refractivity contribution in [2.24, 2.45) is 0 Å². The van der Waals surface area contributed by atoms with Gasteiger partial charge in [-0.1, -0.05) is 0 Å². The lowest BCUT2D eigenvalue weighted by Gasteiger charge is -2.32. The van der Waals surface area contributed by atoms with Crippen LogP contribution in [0.5, 0.6) is 0 Å². The zero-order chi connectivity index (χ0) is 18.3. The van der Waals surface area contributed by atoms with Gasteiger partial charge in [0.2, 0.25) is 0 Å². The number of anilines is 1. The van der Waals surface area contributed by atoms with Gasteiger partial charge in [-0.05, 0) is 25.3 Å². The zero-order valence-corrected chi connectivity index (χ0v) is 13.7. The highest BCUT2D eigenvalue weighted by Crippen LogP contribution is 2.28. The fourth-order valence-electron chi connectivity index (χ4n) is 3.25. The summed E-state index contributed by atoms with van der Waals surface area (Å²) >= 11 is 0. The van der Waals surface area contributed by atoms with Crippen molar-refractivity contribution in [3.8, 4) is 11.4 Å². The molecule has 9 heteroatoms. The van der Waals surface area contributed by atoms with Gasteiger partial charge in [-0.15, -0.1) is 0 Å². The molecule has 3 aromatic rings. The van der Waals surface area contributed by atoms with Gasteiger partial charge in [0.15, 0.2) is 17.5 Å². The fraction of sp³-hybridized carbons (Fsp3) is 0.353. The number of rotatable bonds is 3. The van der Waals surface area contributed by atoms with Crippen LogP contribution >= 0.6 is 0 Å². The van der Waals surface area contributed by atoms with E-state index < -0.39 is 29.9 Å². The molecule has 0 aromatic carbocycles. The third-order valence-electron chi connectivity index (χ3n) is 4.63. The van der Waals surface area contributed by atoms with Crippen LogP contribution in [-0.4, -0.2) is 48.4 Å². The van der Waals surface area contributed by atoms with E-state index in [4.69, 9.17) is 0 Å². The van der Waals surface area contributed by atoms with E-state index in [2.05, 4.69) is 25.3 Å². The fourth-order valence-corrected chi connectivity index (χ4v) is 3.25. The van der Waals surface area contributed by atoms with Crippen molar-refractivity contribution < 1.29 is 19.0 Å². The number of hydrogen-bond acceptors (Lipinski definition) is 6. The van der Waals surface area contributed by atoms with E-state index in [0.29, 0.717) is 35.9 Å². The average molecular weight is 361 g/mol. The molecule has 136 valence electrons. The quantitative estimate of drug-likeness (QED) is 0.568. The Morgan fingerprint density at radius 1 is 1.15 bits per heavy atom. The normalized spacial score (nSPS) is 23.3. The Morgan fingerprint density at radius 2 is 2.00 bits per heavy atom. The number of hydrogen-bond donors (Lipinski definition) is 4. The monoisotopic (exact) mass is 361 g/mol. The van der Waals surface area contributed by atoms with E-state index in [1.165, 1.54) is 6.07 Å². The Labute approximate surface area is 147 Å². The van der Waals surface area contributed by atoms with Gasteiger partial charge in [-0.25, -0.2) is 23.7 Å². The zero-order valence-electron chi connectivity index (χ0n) is 13.7. The standard InChI is InChI=1S/C17H17F2N5O2/c18-8-4-9-10(6-21-15(9)20-5-8)16-22-7-11(19)17(24-16)23-12-2-1-3-13(25)14(12)26/h4-7,12-14,25-26H,1-3H2,(H,20,21)(H,22,23,24)/t12-,13+,14+/m0/s1. The Kier molecular flexibility index (Phi) is 4.25. The van der Waals surface area contributed by atoms with E-state index in [0.717, 1.165) is 12.4 Å². The lowest BCUT2D eigenvalue weighted by atomic mass is 9.90. The molecule has 0 amide bonds.